The minimum atomic E-state index is -2.89. The monoisotopic (exact) mass is 360 g/mol. The normalized spacial score (nSPS) is 14.0. The number of rotatable bonds is 6. The van der Waals surface area contributed by atoms with Gasteiger partial charge < -0.3 is 15.0 Å². The highest BCUT2D eigenvalue weighted by atomic mass is 19.3. The van der Waals surface area contributed by atoms with E-state index in [1.54, 1.807) is 23.1 Å². The molecule has 2 amide bonds. The molecule has 26 heavy (non-hydrogen) atoms. The molecule has 1 saturated heterocycles. The number of ether oxygens (including phenoxy) is 1. The van der Waals surface area contributed by atoms with Crippen LogP contribution in [0.15, 0.2) is 48.5 Å². The number of amides is 2. The zero-order valence-corrected chi connectivity index (χ0v) is 14.0. The van der Waals surface area contributed by atoms with Gasteiger partial charge in [0.25, 0.3) is 5.91 Å². The van der Waals surface area contributed by atoms with Crippen LogP contribution in [0.2, 0.25) is 0 Å². The lowest BCUT2D eigenvalue weighted by molar-refractivity contribution is -0.128. The van der Waals surface area contributed by atoms with Crippen molar-refractivity contribution in [2.24, 2.45) is 0 Å². The molecule has 0 bridgehead atoms. The van der Waals surface area contributed by atoms with Crippen molar-refractivity contribution >= 4 is 17.5 Å². The zero-order valence-electron chi connectivity index (χ0n) is 14.0. The van der Waals surface area contributed by atoms with Crippen molar-refractivity contribution in [1.82, 2.24) is 4.90 Å². The van der Waals surface area contributed by atoms with Crippen LogP contribution in [0.3, 0.4) is 0 Å². The molecule has 0 aromatic heterocycles. The van der Waals surface area contributed by atoms with Gasteiger partial charge in [-0.15, -0.1) is 0 Å². The molecule has 1 heterocycles. The van der Waals surface area contributed by atoms with Crippen molar-refractivity contribution in [2.75, 3.05) is 11.9 Å². The summed E-state index contributed by atoms with van der Waals surface area (Å²) in [5, 5.41) is 2.71. The second-order valence-electron chi connectivity index (χ2n) is 5.98. The molecule has 1 aliphatic heterocycles. The molecule has 1 aliphatic rings. The van der Waals surface area contributed by atoms with E-state index >= 15 is 0 Å². The topological polar surface area (TPSA) is 58.6 Å². The highest BCUT2D eigenvalue weighted by molar-refractivity contribution is 6.04. The van der Waals surface area contributed by atoms with Crippen molar-refractivity contribution < 1.29 is 23.1 Å². The van der Waals surface area contributed by atoms with E-state index in [4.69, 9.17) is 0 Å². The van der Waals surface area contributed by atoms with E-state index in [9.17, 15) is 18.4 Å². The molecular weight excluding hydrogens is 342 g/mol. The van der Waals surface area contributed by atoms with Gasteiger partial charge in [-0.1, -0.05) is 12.1 Å². The zero-order chi connectivity index (χ0) is 18.5. The Bertz CT molecular complexity index is 794. The number of benzene rings is 2. The Kier molecular flexibility index (Phi) is 5.46. The second-order valence-corrected chi connectivity index (χ2v) is 5.98. The summed E-state index contributed by atoms with van der Waals surface area (Å²) in [5.41, 5.74) is 1.81. The molecule has 1 fully saturated rings. The third-order valence-corrected chi connectivity index (χ3v) is 4.07. The van der Waals surface area contributed by atoms with Crippen LogP contribution in [-0.4, -0.2) is 29.9 Å². The summed E-state index contributed by atoms with van der Waals surface area (Å²) in [6, 6.07) is 12.8. The van der Waals surface area contributed by atoms with Gasteiger partial charge in [-0.3, -0.25) is 9.59 Å². The highest BCUT2D eigenvalue weighted by Gasteiger charge is 2.20. The van der Waals surface area contributed by atoms with E-state index in [1.165, 1.54) is 24.3 Å². The number of nitrogens with one attached hydrogen (secondary N) is 1. The predicted molar refractivity (Wildman–Crippen MR) is 92.1 cm³/mol. The molecule has 0 unspecified atom stereocenters. The molecule has 0 radical (unpaired) electrons. The Labute approximate surface area is 149 Å². The largest absolute Gasteiger partial charge is 0.435 e. The maximum atomic E-state index is 12.4. The molecule has 2 aromatic carbocycles. The van der Waals surface area contributed by atoms with Crippen LogP contribution in [0.1, 0.15) is 28.8 Å². The minimum Gasteiger partial charge on any atom is -0.435 e. The maximum Gasteiger partial charge on any atom is 0.387 e. The number of halogens is 2. The Balaban J connectivity index is 1.64. The number of anilines is 1. The Morgan fingerprint density at radius 2 is 1.96 bits per heavy atom. The number of alkyl halides is 2. The van der Waals surface area contributed by atoms with E-state index in [1.807, 2.05) is 6.07 Å². The van der Waals surface area contributed by atoms with Gasteiger partial charge in [0.15, 0.2) is 0 Å². The van der Waals surface area contributed by atoms with Crippen molar-refractivity contribution in [3.8, 4) is 5.75 Å². The summed E-state index contributed by atoms with van der Waals surface area (Å²) in [6.45, 7) is -1.66. The van der Waals surface area contributed by atoms with Crippen molar-refractivity contribution in [2.45, 2.75) is 26.0 Å². The lowest BCUT2D eigenvalue weighted by atomic mass is 10.1. The summed E-state index contributed by atoms with van der Waals surface area (Å²) >= 11 is 0. The van der Waals surface area contributed by atoms with Crippen LogP contribution in [0.25, 0.3) is 0 Å². The fraction of sp³-hybridized carbons (Fsp3) is 0.263. The molecule has 3 rings (SSSR count). The average molecular weight is 360 g/mol. The molecule has 0 atom stereocenters. The van der Waals surface area contributed by atoms with Gasteiger partial charge in [-0.25, -0.2) is 0 Å². The van der Waals surface area contributed by atoms with Crippen LogP contribution >= 0.6 is 0 Å². The SMILES string of the molecule is O=C(Nc1ccc(OC(F)F)cc1)c1cccc(CN2CCCC2=O)c1. The minimum absolute atomic E-state index is 0.0234. The van der Waals surface area contributed by atoms with Crippen molar-refractivity contribution in [3.63, 3.8) is 0 Å². The fourth-order valence-corrected chi connectivity index (χ4v) is 2.83. The molecule has 136 valence electrons. The number of nitrogens with zero attached hydrogens (tertiary/aromatic N) is 1. The maximum absolute atomic E-state index is 12.4. The summed E-state index contributed by atoms with van der Waals surface area (Å²) in [5.74, 6) is -0.164. The van der Waals surface area contributed by atoms with Crippen LogP contribution in [-0.2, 0) is 11.3 Å². The van der Waals surface area contributed by atoms with Gasteiger partial charge in [0.1, 0.15) is 5.75 Å². The highest BCUT2D eigenvalue weighted by Crippen LogP contribution is 2.19. The van der Waals surface area contributed by atoms with Crippen LogP contribution < -0.4 is 10.1 Å². The number of likely N-dealkylation sites (tertiary alicyclic amines) is 1. The lowest BCUT2D eigenvalue weighted by Gasteiger charge is -2.16. The summed E-state index contributed by atoms with van der Waals surface area (Å²) < 4.78 is 28.6. The number of hydrogen-bond acceptors (Lipinski definition) is 3. The van der Waals surface area contributed by atoms with Gasteiger partial charge in [0, 0.05) is 30.8 Å². The van der Waals surface area contributed by atoms with Crippen LogP contribution in [0.4, 0.5) is 14.5 Å². The van der Waals surface area contributed by atoms with Crippen LogP contribution in [0.5, 0.6) is 5.75 Å². The smallest absolute Gasteiger partial charge is 0.387 e. The predicted octanol–water partition coefficient (Wildman–Crippen LogP) is 3.66. The number of carbonyl (C=O) groups excluding carboxylic acids is 2. The van der Waals surface area contributed by atoms with E-state index < -0.39 is 6.61 Å². The number of carbonyl (C=O) groups is 2. The standard InChI is InChI=1S/C19H18F2N2O3/c20-19(21)26-16-8-6-15(7-9-16)22-18(25)14-4-1-3-13(11-14)12-23-10-2-5-17(23)24/h1,3-4,6-9,11,19H,2,5,10,12H2,(H,22,25). The first-order valence-corrected chi connectivity index (χ1v) is 8.24. The average Bonchev–Trinajstić information content (AvgIpc) is 3.01. The second kappa shape index (κ2) is 7.95. The van der Waals surface area contributed by atoms with E-state index in [0.29, 0.717) is 24.2 Å². The van der Waals surface area contributed by atoms with Gasteiger partial charge in [0.05, 0.1) is 0 Å². The molecular formula is C19H18F2N2O3. The fourth-order valence-electron chi connectivity index (χ4n) is 2.83. The summed E-state index contributed by atoms with van der Waals surface area (Å²) in [6.07, 6.45) is 1.44. The molecule has 0 aliphatic carbocycles. The van der Waals surface area contributed by atoms with E-state index in [2.05, 4.69) is 10.1 Å². The van der Waals surface area contributed by atoms with Gasteiger partial charge in [-0.05, 0) is 48.4 Å². The Hall–Kier alpha value is -2.96. The van der Waals surface area contributed by atoms with Crippen molar-refractivity contribution in [1.29, 1.82) is 0 Å². The third kappa shape index (κ3) is 4.56. The van der Waals surface area contributed by atoms with E-state index in [-0.39, 0.29) is 17.6 Å². The molecule has 1 N–H and O–H groups in total. The molecule has 2 aromatic rings. The summed E-state index contributed by atoms with van der Waals surface area (Å²) in [4.78, 5) is 25.9. The van der Waals surface area contributed by atoms with Gasteiger partial charge >= 0.3 is 6.61 Å². The van der Waals surface area contributed by atoms with Crippen LogP contribution in [0, 0.1) is 0 Å². The molecule has 0 spiro atoms. The lowest BCUT2D eigenvalue weighted by Crippen LogP contribution is -2.24. The molecule has 5 nitrogen and oxygen atoms in total. The number of hydrogen-bond donors (Lipinski definition) is 1. The third-order valence-electron chi connectivity index (χ3n) is 4.07. The quantitative estimate of drug-likeness (QED) is 0.855. The van der Waals surface area contributed by atoms with E-state index in [0.717, 1.165) is 18.5 Å². The molecule has 7 heteroatoms. The Morgan fingerprint density at radius 3 is 2.62 bits per heavy atom. The van der Waals surface area contributed by atoms with Gasteiger partial charge in [0.2, 0.25) is 5.91 Å². The summed E-state index contributed by atoms with van der Waals surface area (Å²) in [7, 11) is 0. The van der Waals surface area contributed by atoms with Crippen molar-refractivity contribution in [3.05, 3.63) is 59.7 Å². The molecule has 0 saturated carbocycles. The first-order valence-electron chi connectivity index (χ1n) is 8.24. The first-order chi connectivity index (χ1) is 12.5. The first kappa shape index (κ1) is 17.8. The Morgan fingerprint density at radius 1 is 1.19 bits per heavy atom. The van der Waals surface area contributed by atoms with Gasteiger partial charge in [-0.2, -0.15) is 8.78 Å².